The molecule has 0 spiro atoms. The number of hydrogen-bond acceptors (Lipinski definition) is 4. The molecule has 4 heteroatoms. The van der Waals surface area contributed by atoms with E-state index in [1.807, 2.05) is 20.8 Å². The normalized spacial score (nSPS) is 20.6. The highest BCUT2D eigenvalue weighted by Gasteiger charge is 2.31. The van der Waals surface area contributed by atoms with Crippen LogP contribution in [0.4, 0.5) is 0 Å². The standard InChI is InChI=1S/C17H36O4/c1-5-13(10-15(19)7-3)11-17(4,21)12-14(6-2)16(20)8-9-18/h13-16,18-21H,5-12H2,1-4H3/t13-,14+,15-,16+,17+/m0/s1. The summed E-state index contributed by atoms with van der Waals surface area (Å²) in [5.41, 5.74) is -0.842. The molecule has 0 bridgehead atoms. The van der Waals surface area contributed by atoms with Crippen molar-refractivity contribution in [1.29, 1.82) is 0 Å². The van der Waals surface area contributed by atoms with Gasteiger partial charge in [0, 0.05) is 6.61 Å². The highest BCUT2D eigenvalue weighted by molar-refractivity contribution is 4.83. The van der Waals surface area contributed by atoms with E-state index in [1.165, 1.54) is 0 Å². The van der Waals surface area contributed by atoms with Gasteiger partial charge in [0.15, 0.2) is 0 Å². The minimum atomic E-state index is -0.842. The zero-order valence-electron chi connectivity index (χ0n) is 14.3. The lowest BCUT2D eigenvalue weighted by atomic mass is 9.79. The molecule has 5 atom stereocenters. The fourth-order valence-corrected chi connectivity index (χ4v) is 3.14. The number of rotatable bonds is 12. The SMILES string of the molecule is CC[C@H](O)C[C@H](CC)C[C@@](C)(O)C[C@@H](CC)[C@H](O)CCO. The third-order valence-electron chi connectivity index (χ3n) is 4.58. The lowest BCUT2D eigenvalue weighted by Gasteiger charge is -2.33. The molecule has 0 aliphatic rings. The molecule has 0 radical (unpaired) electrons. The zero-order chi connectivity index (χ0) is 16.5. The van der Waals surface area contributed by atoms with Gasteiger partial charge in [-0.25, -0.2) is 0 Å². The van der Waals surface area contributed by atoms with E-state index in [2.05, 4.69) is 6.92 Å². The van der Waals surface area contributed by atoms with Crippen LogP contribution in [-0.4, -0.2) is 44.8 Å². The predicted molar refractivity (Wildman–Crippen MR) is 86.0 cm³/mol. The Morgan fingerprint density at radius 3 is 2.00 bits per heavy atom. The van der Waals surface area contributed by atoms with E-state index in [0.29, 0.717) is 25.2 Å². The van der Waals surface area contributed by atoms with Crippen molar-refractivity contribution >= 4 is 0 Å². The summed E-state index contributed by atoms with van der Waals surface area (Å²) in [7, 11) is 0. The minimum Gasteiger partial charge on any atom is -0.396 e. The van der Waals surface area contributed by atoms with Gasteiger partial charge >= 0.3 is 0 Å². The Hall–Kier alpha value is -0.160. The summed E-state index contributed by atoms with van der Waals surface area (Å²) in [4.78, 5) is 0. The van der Waals surface area contributed by atoms with Crippen LogP contribution >= 0.6 is 0 Å². The quantitative estimate of drug-likeness (QED) is 0.446. The summed E-state index contributed by atoms with van der Waals surface area (Å²) in [6.45, 7) is 7.84. The van der Waals surface area contributed by atoms with Crippen LogP contribution in [0.3, 0.4) is 0 Å². The van der Waals surface area contributed by atoms with Crippen LogP contribution in [0, 0.1) is 11.8 Å². The van der Waals surface area contributed by atoms with Crippen LogP contribution in [0.25, 0.3) is 0 Å². The molecule has 21 heavy (non-hydrogen) atoms. The van der Waals surface area contributed by atoms with E-state index in [0.717, 1.165) is 25.7 Å². The maximum absolute atomic E-state index is 10.7. The summed E-state index contributed by atoms with van der Waals surface area (Å²) in [6, 6.07) is 0. The molecular formula is C17H36O4. The van der Waals surface area contributed by atoms with Gasteiger partial charge in [-0.2, -0.15) is 0 Å². The van der Waals surface area contributed by atoms with Gasteiger partial charge in [0.05, 0.1) is 17.8 Å². The highest BCUT2D eigenvalue weighted by atomic mass is 16.3. The van der Waals surface area contributed by atoms with E-state index in [1.54, 1.807) is 0 Å². The lowest BCUT2D eigenvalue weighted by Crippen LogP contribution is -2.35. The van der Waals surface area contributed by atoms with E-state index in [-0.39, 0.29) is 18.6 Å². The van der Waals surface area contributed by atoms with E-state index < -0.39 is 11.7 Å². The molecule has 4 nitrogen and oxygen atoms in total. The largest absolute Gasteiger partial charge is 0.396 e. The van der Waals surface area contributed by atoms with Crippen molar-refractivity contribution in [3.63, 3.8) is 0 Å². The molecule has 128 valence electrons. The topological polar surface area (TPSA) is 80.9 Å². The van der Waals surface area contributed by atoms with E-state index >= 15 is 0 Å². The van der Waals surface area contributed by atoms with Crippen molar-refractivity contribution in [2.45, 2.75) is 90.4 Å². The summed E-state index contributed by atoms with van der Waals surface area (Å²) in [5, 5.41) is 39.4. The molecule has 0 saturated carbocycles. The van der Waals surface area contributed by atoms with Crippen LogP contribution in [0.15, 0.2) is 0 Å². The van der Waals surface area contributed by atoms with Gasteiger partial charge in [0.2, 0.25) is 0 Å². The molecule has 0 amide bonds. The fraction of sp³-hybridized carbons (Fsp3) is 1.00. The first-order chi connectivity index (χ1) is 9.79. The van der Waals surface area contributed by atoms with Crippen molar-refractivity contribution in [1.82, 2.24) is 0 Å². The molecule has 0 aliphatic heterocycles. The van der Waals surface area contributed by atoms with Crippen LogP contribution in [0.1, 0.15) is 72.6 Å². The monoisotopic (exact) mass is 304 g/mol. The number of aliphatic hydroxyl groups excluding tert-OH is 3. The van der Waals surface area contributed by atoms with Crippen molar-refractivity contribution < 1.29 is 20.4 Å². The molecule has 0 aromatic carbocycles. The van der Waals surface area contributed by atoms with E-state index in [4.69, 9.17) is 5.11 Å². The maximum Gasteiger partial charge on any atom is 0.0626 e. The average Bonchev–Trinajstić information content (AvgIpc) is 2.43. The van der Waals surface area contributed by atoms with Crippen molar-refractivity contribution in [3.05, 3.63) is 0 Å². The molecule has 0 unspecified atom stereocenters. The molecule has 0 aliphatic carbocycles. The number of aliphatic hydroxyl groups is 4. The summed E-state index contributed by atoms with van der Waals surface area (Å²) in [6.07, 6.45) is 3.85. The molecular weight excluding hydrogens is 268 g/mol. The predicted octanol–water partition coefficient (Wildman–Crippen LogP) is 2.47. The van der Waals surface area contributed by atoms with Crippen LogP contribution in [0.5, 0.6) is 0 Å². The highest BCUT2D eigenvalue weighted by Crippen LogP contribution is 2.31. The average molecular weight is 304 g/mol. The van der Waals surface area contributed by atoms with E-state index in [9.17, 15) is 15.3 Å². The van der Waals surface area contributed by atoms with Crippen molar-refractivity contribution in [2.24, 2.45) is 11.8 Å². The zero-order valence-corrected chi connectivity index (χ0v) is 14.3. The van der Waals surface area contributed by atoms with Crippen molar-refractivity contribution in [2.75, 3.05) is 6.61 Å². The van der Waals surface area contributed by atoms with Gasteiger partial charge < -0.3 is 20.4 Å². The fourth-order valence-electron chi connectivity index (χ4n) is 3.14. The molecule has 0 aromatic heterocycles. The molecule has 0 rings (SSSR count). The van der Waals surface area contributed by atoms with Gasteiger partial charge in [-0.1, -0.05) is 33.6 Å². The molecule has 0 heterocycles. The maximum atomic E-state index is 10.7. The Balaban J connectivity index is 4.55. The van der Waals surface area contributed by atoms with Crippen molar-refractivity contribution in [3.8, 4) is 0 Å². The van der Waals surface area contributed by atoms with Crippen LogP contribution in [0.2, 0.25) is 0 Å². The smallest absolute Gasteiger partial charge is 0.0626 e. The first-order valence-electron chi connectivity index (χ1n) is 8.48. The van der Waals surface area contributed by atoms with Gasteiger partial charge in [-0.05, 0) is 50.9 Å². The first-order valence-corrected chi connectivity index (χ1v) is 8.48. The second-order valence-electron chi connectivity index (χ2n) is 6.73. The van der Waals surface area contributed by atoms with Gasteiger partial charge in [-0.3, -0.25) is 0 Å². The molecule has 0 fully saturated rings. The Labute approximate surface area is 130 Å². The molecule has 0 saturated heterocycles. The Bertz CT molecular complexity index is 255. The summed E-state index contributed by atoms with van der Waals surface area (Å²) in [5.74, 6) is 0.295. The molecule has 0 aromatic rings. The minimum absolute atomic E-state index is 0.000699. The van der Waals surface area contributed by atoms with Gasteiger partial charge in [0.25, 0.3) is 0 Å². The number of hydrogen-bond donors (Lipinski definition) is 4. The third kappa shape index (κ3) is 8.77. The Morgan fingerprint density at radius 1 is 0.952 bits per heavy atom. The third-order valence-corrected chi connectivity index (χ3v) is 4.58. The van der Waals surface area contributed by atoms with Crippen LogP contribution in [-0.2, 0) is 0 Å². The first kappa shape index (κ1) is 20.8. The Morgan fingerprint density at radius 2 is 1.57 bits per heavy atom. The Kier molecular flexibility index (Phi) is 10.5. The van der Waals surface area contributed by atoms with Gasteiger partial charge in [0.1, 0.15) is 0 Å². The summed E-state index contributed by atoms with van der Waals surface area (Å²) >= 11 is 0. The second-order valence-corrected chi connectivity index (χ2v) is 6.73. The lowest BCUT2D eigenvalue weighted by molar-refractivity contribution is -0.0262. The van der Waals surface area contributed by atoms with Crippen LogP contribution < -0.4 is 0 Å². The van der Waals surface area contributed by atoms with Gasteiger partial charge in [-0.15, -0.1) is 0 Å². The second kappa shape index (κ2) is 10.5. The summed E-state index contributed by atoms with van der Waals surface area (Å²) < 4.78 is 0. The molecule has 4 N–H and O–H groups in total.